The zero-order valence-electron chi connectivity index (χ0n) is 12.1. The number of benzene rings is 1. The maximum absolute atomic E-state index is 13.5. The molecule has 0 saturated carbocycles. The van der Waals surface area contributed by atoms with Crippen molar-refractivity contribution in [2.75, 3.05) is 6.54 Å². The Morgan fingerprint density at radius 3 is 2.38 bits per heavy atom. The molecule has 0 unspecified atom stereocenters. The Balaban J connectivity index is 2.60. The van der Waals surface area contributed by atoms with E-state index in [-0.39, 0.29) is 24.0 Å². The lowest BCUT2D eigenvalue weighted by Crippen LogP contribution is -2.32. The van der Waals surface area contributed by atoms with Crippen molar-refractivity contribution in [3.8, 4) is 0 Å². The number of alkyl carbamates (subject to hydrolysis) is 1. The second-order valence-corrected chi connectivity index (χ2v) is 5.30. The predicted molar refractivity (Wildman–Crippen MR) is 75.0 cm³/mol. The summed E-state index contributed by atoms with van der Waals surface area (Å²) in [6, 6.07) is 1.74. The van der Waals surface area contributed by atoms with E-state index in [9.17, 15) is 18.4 Å². The van der Waals surface area contributed by atoms with E-state index in [2.05, 4.69) is 5.32 Å². The number of carbonyl (C=O) groups excluding carboxylic acids is 2. The highest BCUT2D eigenvalue weighted by atomic mass is 19.1. The van der Waals surface area contributed by atoms with Crippen molar-refractivity contribution in [2.45, 2.75) is 26.4 Å². The SMILES string of the molecule is CC(C)(C)OC(=O)NCC=Cc1cc(F)c(C=O)cc1F. The number of nitrogens with one attached hydrogen (secondary N) is 1. The average molecular weight is 297 g/mol. The third kappa shape index (κ3) is 5.72. The smallest absolute Gasteiger partial charge is 0.407 e. The predicted octanol–water partition coefficient (Wildman–Crippen LogP) is 3.32. The highest BCUT2D eigenvalue weighted by molar-refractivity contribution is 5.76. The van der Waals surface area contributed by atoms with Gasteiger partial charge in [0.25, 0.3) is 0 Å². The number of hydrogen-bond donors (Lipinski definition) is 1. The topological polar surface area (TPSA) is 55.4 Å². The lowest BCUT2D eigenvalue weighted by molar-refractivity contribution is 0.0534. The largest absolute Gasteiger partial charge is 0.444 e. The molecule has 0 atom stereocenters. The number of halogens is 2. The molecule has 0 aliphatic rings. The second-order valence-electron chi connectivity index (χ2n) is 5.30. The number of rotatable bonds is 4. The molecule has 1 N–H and O–H groups in total. The van der Waals surface area contributed by atoms with E-state index in [1.54, 1.807) is 20.8 Å². The Hall–Kier alpha value is -2.24. The number of carbonyl (C=O) groups is 2. The molecule has 4 nitrogen and oxygen atoms in total. The molecule has 21 heavy (non-hydrogen) atoms. The standard InChI is InChI=1S/C15H17F2NO3/c1-15(2,3)21-14(20)18-6-4-5-10-7-13(17)11(9-19)8-12(10)16/h4-5,7-9H,6H2,1-3H3,(H,18,20). The Labute approximate surface area is 121 Å². The number of aldehydes is 1. The molecule has 0 radical (unpaired) electrons. The van der Waals surface area contributed by atoms with Crippen LogP contribution in [0.3, 0.4) is 0 Å². The van der Waals surface area contributed by atoms with Crippen LogP contribution in [-0.4, -0.2) is 24.5 Å². The zero-order chi connectivity index (χ0) is 16.0. The van der Waals surface area contributed by atoms with E-state index in [1.165, 1.54) is 12.2 Å². The van der Waals surface area contributed by atoms with Crippen molar-refractivity contribution < 1.29 is 23.1 Å². The second kappa shape index (κ2) is 6.97. The summed E-state index contributed by atoms with van der Waals surface area (Å²) in [6.07, 6.45) is 2.40. The highest BCUT2D eigenvalue weighted by Crippen LogP contribution is 2.15. The summed E-state index contributed by atoms with van der Waals surface area (Å²) < 4.78 is 31.9. The zero-order valence-corrected chi connectivity index (χ0v) is 12.1. The normalized spacial score (nSPS) is 11.5. The van der Waals surface area contributed by atoms with Crippen molar-refractivity contribution >= 4 is 18.5 Å². The fourth-order valence-corrected chi connectivity index (χ4v) is 1.44. The minimum Gasteiger partial charge on any atom is -0.444 e. The molecule has 0 bridgehead atoms. The molecule has 0 heterocycles. The van der Waals surface area contributed by atoms with Crippen LogP contribution in [0.4, 0.5) is 13.6 Å². The molecule has 1 amide bonds. The fourth-order valence-electron chi connectivity index (χ4n) is 1.44. The summed E-state index contributed by atoms with van der Waals surface area (Å²) in [4.78, 5) is 21.8. The molecule has 0 aliphatic heterocycles. The van der Waals surface area contributed by atoms with Crippen LogP contribution in [0.25, 0.3) is 6.08 Å². The Morgan fingerprint density at radius 1 is 1.24 bits per heavy atom. The maximum Gasteiger partial charge on any atom is 0.407 e. The summed E-state index contributed by atoms with van der Waals surface area (Å²) in [5, 5.41) is 2.45. The molecule has 0 fully saturated rings. The van der Waals surface area contributed by atoms with E-state index >= 15 is 0 Å². The van der Waals surface area contributed by atoms with Gasteiger partial charge in [0.2, 0.25) is 0 Å². The number of hydrogen-bond acceptors (Lipinski definition) is 3. The minimum absolute atomic E-state index is 0.0101. The van der Waals surface area contributed by atoms with Gasteiger partial charge in [0.05, 0.1) is 5.56 Å². The summed E-state index contributed by atoms with van der Waals surface area (Å²) in [5.41, 5.74) is -0.950. The highest BCUT2D eigenvalue weighted by Gasteiger charge is 2.15. The number of amides is 1. The third-order valence-corrected chi connectivity index (χ3v) is 2.30. The van der Waals surface area contributed by atoms with Gasteiger partial charge in [-0.2, -0.15) is 0 Å². The first-order chi connectivity index (χ1) is 9.73. The van der Waals surface area contributed by atoms with Crippen LogP contribution in [0.2, 0.25) is 0 Å². The van der Waals surface area contributed by atoms with Gasteiger partial charge in [0.15, 0.2) is 6.29 Å². The van der Waals surface area contributed by atoms with E-state index in [0.717, 1.165) is 12.1 Å². The average Bonchev–Trinajstić information content (AvgIpc) is 2.35. The van der Waals surface area contributed by atoms with Crippen LogP contribution < -0.4 is 5.32 Å². The molecule has 0 aliphatic carbocycles. The molecule has 0 aromatic heterocycles. The Bertz CT molecular complexity index is 563. The lowest BCUT2D eigenvalue weighted by atomic mass is 10.1. The van der Waals surface area contributed by atoms with Gasteiger partial charge in [0, 0.05) is 12.1 Å². The van der Waals surface area contributed by atoms with E-state index in [1.807, 2.05) is 0 Å². The monoisotopic (exact) mass is 297 g/mol. The first kappa shape index (κ1) is 16.8. The van der Waals surface area contributed by atoms with E-state index < -0.39 is 23.3 Å². The van der Waals surface area contributed by atoms with E-state index in [4.69, 9.17) is 4.74 Å². The van der Waals surface area contributed by atoms with Gasteiger partial charge in [-0.3, -0.25) is 4.79 Å². The molecular formula is C15H17F2NO3. The van der Waals surface area contributed by atoms with Gasteiger partial charge in [-0.25, -0.2) is 13.6 Å². The minimum atomic E-state index is -0.800. The fraction of sp³-hybridized carbons (Fsp3) is 0.333. The van der Waals surface area contributed by atoms with Crippen molar-refractivity contribution in [3.63, 3.8) is 0 Å². The first-order valence-corrected chi connectivity index (χ1v) is 6.30. The quantitative estimate of drug-likeness (QED) is 0.867. The van der Waals surface area contributed by atoms with Crippen molar-refractivity contribution in [2.24, 2.45) is 0 Å². The van der Waals surface area contributed by atoms with Crippen LogP contribution in [0, 0.1) is 11.6 Å². The van der Waals surface area contributed by atoms with Gasteiger partial charge >= 0.3 is 6.09 Å². The first-order valence-electron chi connectivity index (χ1n) is 6.30. The van der Waals surface area contributed by atoms with Crippen LogP contribution in [-0.2, 0) is 4.74 Å². The van der Waals surface area contributed by atoms with E-state index in [0.29, 0.717) is 0 Å². The summed E-state index contributed by atoms with van der Waals surface area (Å²) in [5.74, 6) is -1.52. The van der Waals surface area contributed by atoms with Crippen molar-refractivity contribution in [1.29, 1.82) is 0 Å². The van der Waals surface area contributed by atoms with Crippen molar-refractivity contribution in [1.82, 2.24) is 5.32 Å². The number of ether oxygens (including phenoxy) is 1. The van der Waals surface area contributed by atoms with Gasteiger partial charge in [-0.1, -0.05) is 12.2 Å². The van der Waals surface area contributed by atoms with Crippen LogP contribution in [0.1, 0.15) is 36.7 Å². The molecular weight excluding hydrogens is 280 g/mol. The summed E-state index contributed by atoms with van der Waals surface area (Å²) in [7, 11) is 0. The van der Waals surface area contributed by atoms with Gasteiger partial charge in [-0.05, 0) is 32.9 Å². The van der Waals surface area contributed by atoms with Crippen LogP contribution >= 0.6 is 0 Å². The molecule has 6 heteroatoms. The van der Waals surface area contributed by atoms with Gasteiger partial charge < -0.3 is 10.1 Å². The molecule has 0 spiro atoms. The Kier molecular flexibility index (Phi) is 5.58. The molecule has 1 aromatic rings. The Morgan fingerprint density at radius 2 is 1.81 bits per heavy atom. The van der Waals surface area contributed by atoms with Crippen LogP contribution in [0.5, 0.6) is 0 Å². The maximum atomic E-state index is 13.5. The summed E-state index contributed by atoms with van der Waals surface area (Å²) >= 11 is 0. The van der Waals surface area contributed by atoms with Gasteiger partial charge in [0.1, 0.15) is 17.2 Å². The molecule has 0 saturated heterocycles. The molecule has 1 rings (SSSR count). The van der Waals surface area contributed by atoms with Crippen molar-refractivity contribution in [3.05, 3.63) is 41.0 Å². The van der Waals surface area contributed by atoms with Crippen LogP contribution in [0.15, 0.2) is 18.2 Å². The third-order valence-electron chi connectivity index (χ3n) is 2.30. The van der Waals surface area contributed by atoms with Gasteiger partial charge in [-0.15, -0.1) is 0 Å². The summed E-state index contributed by atoms with van der Waals surface area (Å²) in [6.45, 7) is 5.30. The molecule has 114 valence electrons. The molecule has 1 aromatic carbocycles. The lowest BCUT2D eigenvalue weighted by Gasteiger charge is -2.19.